The van der Waals surface area contributed by atoms with Crippen LogP contribution < -0.4 is 10.2 Å². The summed E-state index contributed by atoms with van der Waals surface area (Å²) in [4.78, 5) is 27.3. The molecule has 1 unspecified atom stereocenters. The molecule has 0 bridgehead atoms. The zero-order valence-corrected chi connectivity index (χ0v) is 14.4. The lowest BCUT2D eigenvalue weighted by atomic mass is 9.76. The number of carbonyl (C=O) groups is 2. The second-order valence-electron chi connectivity index (χ2n) is 6.43. The number of rotatable bonds is 4. The van der Waals surface area contributed by atoms with Gasteiger partial charge in [-0.3, -0.25) is 14.5 Å². The molecule has 0 spiro atoms. The molecule has 5 heteroatoms. The predicted octanol–water partition coefficient (Wildman–Crippen LogP) is 4.10. The maximum absolute atomic E-state index is 13.5. The third-order valence-corrected chi connectivity index (χ3v) is 4.78. The molecule has 27 heavy (non-hydrogen) atoms. The minimum absolute atomic E-state index is 0.0200. The number of nitrogens with one attached hydrogen (secondary N) is 1. The third kappa shape index (κ3) is 2.87. The van der Waals surface area contributed by atoms with Gasteiger partial charge >= 0.3 is 0 Å². The van der Waals surface area contributed by atoms with Crippen LogP contribution in [0.1, 0.15) is 12.0 Å². The van der Waals surface area contributed by atoms with Crippen LogP contribution in [-0.2, 0) is 15.1 Å². The van der Waals surface area contributed by atoms with Gasteiger partial charge in [-0.05, 0) is 42.0 Å². The second kappa shape index (κ2) is 6.68. The zero-order chi connectivity index (χ0) is 18.9. The van der Waals surface area contributed by atoms with Crippen molar-refractivity contribution < 1.29 is 14.0 Å². The molecule has 0 aliphatic carbocycles. The van der Waals surface area contributed by atoms with E-state index < -0.39 is 11.4 Å². The van der Waals surface area contributed by atoms with Crippen LogP contribution in [0.15, 0.2) is 84.9 Å². The number of amides is 2. The van der Waals surface area contributed by atoms with Gasteiger partial charge in [0.2, 0.25) is 5.91 Å². The van der Waals surface area contributed by atoms with Crippen molar-refractivity contribution >= 4 is 23.2 Å². The topological polar surface area (TPSA) is 49.4 Å². The minimum atomic E-state index is -1.22. The van der Waals surface area contributed by atoms with Crippen LogP contribution >= 0.6 is 0 Å². The van der Waals surface area contributed by atoms with Crippen molar-refractivity contribution in [3.8, 4) is 0 Å². The van der Waals surface area contributed by atoms with Gasteiger partial charge in [-0.15, -0.1) is 0 Å². The Morgan fingerprint density at radius 3 is 2.07 bits per heavy atom. The number of hydrogen-bond donors (Lipinski definition) is 1. The summed E-state index contributed by atoms with van der Waals surface area (Å²) in [6.45, 7) is 0. The van der Waals surface area contributed by atoms with Gasteiger partial charge in [0, 0.05) is 11.4 Å². The van der Waals surface area contributed by atoms with E-state index >= 15 is 0 Å². The van der Waals surface area contributed by atoms with E-state index in [4.69, 9.17) is 0 Å². The number of nitrogens with zero attached hydrogens (tertiary/aromatic N) is 1. The van der Waals surface area contributed by atoms with Crippen LogP contribution in [0.4, 0.5) is 15.8 Å². The summed E-state index contributed by atoms with van der Waals surface area (Å²) in [5.74, 6) is -0.883. The Bertz CT molecular complexity index is 974. The standard InChI is InChI=1S/C22H17FN2O2/c23-17-13-11-16(12-14-17)22(21(27)24-18-7-3-1-4-8-18)15-20(26)25(22)19-9-5-2-6-10-19/h1-14H,15H2,(H,24,27). The molecule has 1 atom stereocenters. The Hall–Kier alpha value is -3.47. The highest BCUT2D eigenvalue weighted by Crippen LogP contribution is 2.45. The van der Waals surface area contributed by atoms with Crippen molar-refractivity contribution in [3.05, 3.63) is 96.3 Å². The summed E-state index contributed by atoms with van der Waals surface area (Å²) >= 11 is 0. The Labute approximate surface area is 156 Å². The summed E-state index contributed by atoms with van der Waals surface area (Å²) < 4.78 is 13.5. The van der Waals surface area contributed by atoms with Crippen molar-refractivity contribution in [1.82, 2.24) is 0 Å². The van der Waals surface area contributed by atoms with Gasteiger partial charge in [0.15, 0.2) is 5.54 Å². The Balaban J connectivity index is 1.79. The Morgan fingerprint density at radius 1 is 0.889 bits per heavy atom. The molecule has 3 aromatic carbocycles. The highest BCUT2D eigenvalue weighted by Gasteiger charge is 2.58. The average molecular weight is 360 g/mol. The molecule has 0 saturated carbocycles. The normalized spacial score (nSPS) is 18.7. The minimum Gasteiger partial charge on any atom is -0.324 e. The quantitative estimate of drug-likeness (QED) is 0.712. The summed E-state index contributed by atoms with van der Waals surface area (Å²) in [5.41, 5.74) is 0.612. The number of anilines is 2. The van der Waals surface area contributed by atoms with Crippen molar-refractivity contribution in [2.24, 2.45) is 0 Å². The van der Waals surface area contributed by atoms with Gasteiger partial charge in [-0.1, -0.05) is 48.5 Å². The maximum Gasteiger partial charge on any atom is 0.255 e. The van der Waals surface area contributed by atoms with Gasteiger partial charge in [0.05, 0.1) is 6.42 Å². The molecule has 0 radical (unpaired) electrons. The molecule has 134 valence electrons. The number of hydrogen-bond acceptors (Lipinski definition) is 2. The molecule has 1 aliphatic heterocycles. The first-order chi connectivity index (χ1) is 13.1. The van der Waals surface area contributed by atoms with Crippen LogP contribution in [0.3, 0.4) is 0 Å². The largest absolute Gasteiger partial charge is 0.324 e. The van der Waals surface area contributed by atoms with Gasteiger partial charge in [0.1, 0.15) is 5.82 Å². The number of benzene rings is 3. The molecule has 2 amide bonds. The number of para-hydroxylation sites is 2. The molecule has 1 N–H and O–H groups in total. The molecular formula is C22H17FN2O2. The first-order valence-corrected chi connectivity index (χ1v) is 8.62. The summed E-state index contributed by atoms with van der Waals surface area (Å²) in [5, 5.41) is 2.89. The molecule has 4 nitrogen and oxygen atoms in total. The SMILES string of the molecule is O=C1CC(C(=O)Nc2ccccc2)(c2ccc(F)cc2)N1c1ccccc1. The lowest BCUT2D eigenvalue weighted by Crippen LogP contribution is -2.67. The smallest absolute Gasteiger partial charge is 0.255 e. The lowest BCUT2D eigenvalue weighted by molar-refractivity contribution is -0.137. The van der Waals surface area contributed by atoms with Gasteiger partial charge in [-0.2, -0.15) is 0 Å². The van der Waals surface area contributed by atoms with Crippen LogP contribution in [0.25, 0.3) is 0 Å². The first-order valence-electron chi connectivity index (χ1n) is 8.62. The summed E-state index contributed by atoms with van der Waals surface area (Å²) in [7, 11) is 0. The molecule has 3 aromatic rings. The van der Waals surface area contributed by atoms with E-state index in [0.717, 1.165) is 0 Å². The highest BCUT2D eigenvalue weighted by molar-refractivity contribution is 6.17. The van der Waals surface area contributed by atoms with E-state index in [1.54, 1.807) is 36.4 Å². The number of β-lactam (4-membered cyclic amide) rings is 1. The highest BCUT2D eigenvalue weighted by atomic mass is 19.1. The van der Waals surface area contributed by atoms with Crippen LogP contribution in [0.2, 0.25) is 0 Å². The van der Waals surface area contributed by atoms with E-state index in [0.29, 0.717) is 16.9 Å². The Morgan fingerprint density at radius 2 is 1.48 bits per heavy atom. The molecule has 1 saturated heterocycles. The molecule has 1 heterocycles. The predicted molar refractivity (Wildman–Crippen MR) is 102 cm³/mol. The molecule has 1 fully saturated rings. The summed E-state index contributed by atoms with van der Waals surface area (Å²) in [6, 6.07) is 23.8. The van der Waals surface area contributed by atoms with Crippen molar-refractivity contribution in [3.63, 3.8) is 0 Å². The Kier molecular flexibility index (Phi) is 4.20. The molecular weight excluding hydrogens is 343 g/mol. The van der Waals surface area contributed by atoms with E-state index in [1.807, 2.05) is 36.4 Å². The molecule has 1 aliphatic rings. The zero-order valence-electron chi connectivity index (χ0n) is 14.4. The monoisotopic (exact) mass is 360 g/mol. The molecule has 0 aromatic heterocycles. The fourth-order valence-corrected chi connectivity index (χ4v) is 3.47. The van der Waals surface area contributed by atoms with Crippen molar-refractivity contribution in [1.29, 1.82) is 0 Å². The van der Waals surface area contributed by atoms with Gasteiger partial charge in [-0.25, -0.2) is 4.39 Å². The summed E-state index contributed by atoms with van der Waals surface area (Å²) in [6.07, 6.45) is 0.0200. The lowest BCUT2D eigenvalue weighted by Gasteiger charge is -2.50. The van der Waals surface area contributed by atoms with Crippen LogP contribution in [0.5, 0.6) is 0 Å². The first kappa shape index (κ1) is 17.0. The third-order valence-electron chi connectivity index (χ3n) is 4.78. The number of halogens is 1. The fraction of sp³-hybridized carbons (Fsp3) is 0.0909. The average Bonchev–Trinajstić information content (AvgIpc) is 2.68. The second-order valence-corrected chi connectivity index (χ2v) is 6.43. The van der Waals surface area contributed by atoms with E-state index in [1.165, 1.54) is 17.0 Å². The number of carbonyl (C=O) groups excluding carboxylic acids is 2. The van der Waals surface area contributed by atoms with Gasteiger partial charge < -0.3 is 5.32 Å². The fourth-order valence-electron chi connectivity index (χ4n) is 3.47. The van der Waals surface area contributed by atoms with Gasteiger partial charge in [0.25, 0.3) is 5.91 Å². The van der Waals surface area contributed by atoms with E-state index in [-0.39, 0.29) is 18.2 Å². The van der Waals surface area contributed by atoms with E-state index in [2.05, 4.69) is 5.32 Å². The molecule has 4 rings (SSSR count). The van der Waals surface area contributed by atoms with E-state index in [9.17, 15) is 14.0 Å². The van der Waals surface area contributed by atoms with Crippen molar-refractivity contribution in [2.45, 2.75) is 12.0 Å². The van der Waals surface area contributed by atoms with Crippen molar-refractivity contribution in [2.75, 3.05) is 10.2 Å². The van der Waals surface area contributed by atoms with Crippen LogP contribution in [0, 0.1) is 5.82 Å². The maximum atomic E-state index is 13.5. The van der Waals surface area contributed by atoms with Crippen LogP contribution in [-0.4, -0.2) is 11.8 Å².